The number of likely N-dealkylation sites (tertiary alicyclic amines) is 1. The SMILES string of the molecule is COc1ccc(C2N(C(=O)CN3CCCC3)CCCN2S(=O)(=O)c2ccc(C)cc2)cc1. The lowest BCUT2D eigenvalue weighted by Gasteiger charge is -2.43. The van der Waals surface area contributed by atoms with Gasteiger partial charge in [0.2, 0.25) is 15.9 Å². The number of nitrogens with zero attached hydrogens (tertiary/aromatic N) is 3. The number of ether oxygens (including phenoxy) is 1. The standard InChI is InChI=1S/C24H31N3O4S/c1-19-6-12-22(13-7-19)32(29,30)27-17-5-16-26(23(28)18-25-14-3-4-15-25)24(27)20-8-10-21(31-2)11-9-20/h6-13,24H,3-5,14-18H2,1-2H3. The Morgan fingerprint density at radius 1 is 0.938 bits per heavy atom. The molecule has 0 bridgehead atoms. The third kappa shape index (κ3) is 4.67. The largest absolute Gasteiger partial charge is 0.497 e. The fraction of sp³-hybridized carbons (Fsp3) is 0.458. The highest BCUT2D eigenvalue weighted by Crippen LogP contribution is 2.35. The number of methoxy groups -OCH3 is 1. The monoisotopic (exact) mass is 457 g/mol. The zero-order valence-corrected chi connectivity index (χ0v) is 19.6. The quantitative estimate of drug-likeness (QED) is 0.667. The molecule has 0 aliphatic carbocycles. The van der Waals surface area contributed by atoms with E-state index >= 15 is 0 Å². The highest BCUT2D eigenvalue weighted by molar-refractivity contribution is 7.89. The summed E-state index contributed by atoms with van der Waals surface area (Å²) in [6.07, 6.45) is 2.12. The van der Waals surface area contributed by atoms with Crippen LogP contribution < -0.4 is 4.74 Å². The molecule has 0 N–H and O–H groups in total. The van der Waals surface area contributed by atoms with Crippen LogP contribution in [0.25, 0.3) is 0 Å². The smallest absolute Gasteiger partial charge is 0.245 e. The second-order valence-corrected chi connectivity index (χ2v) is 10.4. The summed E-state index contributed by atoms with van der Waals surface area (Å²) in [5.74, 6) is 0.656. The predicted octanol–water partition coefficient (Wildman–Crippen LogP) is 3.02. The first kappa shape index (κ1) is 22.8. The summed E-state index contributed by atoms with van der Waals surface area (Å²) in [6.45, 7) is 4.97. The van der Waals surface area contributed by atoms with Crippen molar-refractivity contribution in [1.29, 1.82) is 0 Å². The molecular formula is C24H31N3O4S. The third-order valence-corrected chi connectivity index (χ3v) is 8.13. The molecule has 0 radical (unpaired) electrons. The minimum absolute atomic E-state index is 0.0310. The first-order valence-corrected chi connectivity index (χ1v) is 12.6. The van der Waals surface area contributed by atoms with Gasteiger partial charge in [-0.1, -0.05) is 29.8 Å². The van der Waals surface area contributed by atoms with Gasteiger partial charge in [0.05, 0.1) is 18.6 Å². The lowest BCUT2D eigenvalue weighted by atomic mass is 10.1. The van der Waals surface area contributed by atoms with Crippen molar-refractivity contribution in [2.45, 2.75) is 37.2 Å². The minimum Gasteiger partial charge on any atom is -0.497 e. The number of hydrogen-bond acceptors (Lipinski definition) is 5. The van der Waals surface area contributed by atoms with Crippen molar-refractivity contribution in [2.24, 2.45) is 0 Å². The molecule has 1 amide bonds. The van der Waals surface area contributed by atoms with Crippen LogP contribution in [0.3, 0.4) is 0 Å². The average Bonchev–Trinajstić information content (AvgIpc) is 3.32. The van der Waals surface area contributed by atoms with E-state index in [9.17, 15) is 13.2 Å². The average molecular weight is 458 g/mol. The molecule has 1 atom stereocenters. The minimum atomic E-state index is -3.79. The van der Waals surface area contributed by atoms with Gasteiger partial charge in [0.15, 0.2) is 0 Å². The van der Waals surface area contributed by atoms with Crippen LogP contribution in [0.5, 0.6) is 5.75 Å². The van der Waals surface area contributed by atoms with Crippen molar-refractivity contribution >= 4 is 15.9 Å². The molecular weight excluding hydrogens is 426 g/mol. The van der Waals surface area contributed by atoms with Gasteiger partial charge in [-0.05, 0) is 69.1 Å². The number of carbonyl (C=O) groups is 1. The number of carbonyl (C=O) groups excluding carboxylic acids is 1. The van der Waals surface area contributed by atoms with Gasteiger partial charge in [0, 0.05) is 13.1 Å². The Hall–Kier alpha value is -2.42. The molecule has 0 spiro atoms. The Morgan fingerprint density at radius 2 is 1.59 bits per heavy atom. The normalized spacial score (nSPS) is 20.4. The highest BCUT2D eigenvalue weighted by atomic mass is 32.2. The fourth-order valence-electron chi connectivity index (χ4n) is 4.50. The number of amides is 1. The summed E-state index contributed by atoms with van der Waals surface area (Å²) in [5.41, 5.74) is 1.76. The summed E-state index contributed by atoms with van der Waals surface area (Å²) in [5, 5.41) is 0. The molecule has 2 aliphatic heterocycles. The Balaban J connectivity index is 1.71. The molecule has 2 aromatic carbocycles. The first-order chi connectivity index (χ1) is 15.4. The summed E-state index contributed by atoms with van der Waals surface area (Å²) < 4.78 is 34.1. The van der Waals surface area contributed by atoms with Gasteiger partial charge in [-0.15, -0.1) is 0 Å². The molecule has 8 heteroatoms. The molecule has 7 nitrogen and oxygen atoms in total. The molecule has 2 aromatic rings. The molecule has 2 aliphatic rings. The number of hydrogen-bond donors (Lipinski definition) is 0. The Kier molecular flexibility index (Phi) is 6.83. The van der Waals surface area contributed by atoms with E-state index in [2.05, 4.69) is 4.90 Å². The first-order valence-electron chi connectivity index (χ1n) is 11.1. The van der Waals surface area contributed by atoms with E-state index in [1.807, 2.05) is 31.2 Å². The molecule has 0 saturated carbocycles. The Labute approximate surface area is 190 Å². The van der Waals surface area contributed by atoms with Crippen LogP contribution in [-0.2, 0) is 14.8 Å². The van der Waals surface area contributed by atoms with Crippen LogP contribution in [0.15, 0.2) is 53.4 Å². The maximum absolute atomic E-state index is 13.7. The lowest BCUT2D eigenvalue weighted by Crippen LogP contribution is -2.53. The topological polar surface area (TPSA) is 70.2 Å². The highest BCUT2D eigenvalue weighted by Gasteiger charge is 2.41. The van der Waals surface area contributed by atoms with Gasteiger partial charge in [0.25, 0.3) is 0 Å². The summed E-state index contributed by atoms with van der Waals surface area (Å²) in [7, 11) is -2.20. The summed E-state index contributed by atoms with van der Waals surface area (Å²) in [4.78, 5) is 17.5. The number of sulfonamides is 1. The fourth-order valence-corrected chi connectivity index (χ4v) is 6.12. The third-order valence-electron chi connectivity index (χ3n) is 6.26. The van der Waals surface area contributed by atoms with E-state index in [4.69, 9.17) is 4.74 Å². The molecule has 2 heterocycles. The van der Waals surface area contributed by atoms with E-state index in [0.717, 1.165) is 37.1 Å². The van der Waals surface area contributed by atoms with Crippen LogP contribution in [0.2, 0.25) is 0 Å². The van der Waals surface area contributed by atoms with Crippen LogP contribution >= 0.6 is 0 Å². The number of aryl methyl sites for hydroxylation is 1. The molecule has 2 saturated heterocycles. The maximum Gasteiger partial charge on any atom is 0.245 e. The van der Waals surface area contributed by atoms with Crippen LogP contribution in [0, 0.1) is 6.92 Å². The van der Waals surface area contributed by atoms with Gasteiger partial charge in [-0.2, -0.15) is 4.31 Å². The van der Waals surface area contributed by atoms with E-state index in [0.29, 0.717) is 31.8 Å². The molecule has 32 heavy (non-hydrogen) atoms. The van der Waals surface area contributed by atoms with Gasteiger partial charge in [-0.25, -0.2) is 8.42 Å². The van der Waals surface area contributed by atoms with Crippen LogP contribution in [-0.4, -0.2) is 68.3 Å². The van der Waals surface area contributed by atoms with Crippen molar-refractivity contribution in [3.63, 3.8) is 0 Å². The second kappa shape index (κ2) is 9.60. The number of benzene rings is 2. The van der Waals surface area contributed by atoms with Gasteiger partial charge >= 0.3 is 0 Å². The van der Waals surface area contributed by atoms with E-state index in [1.54, 1.807) is 36.3 Å². The summed E-state index contributed by atoms with van der Waals surface area (Å²) >= 11 is 0. The van der Waals surface area contributed by atoms with Crippen LogP contribution in [0.1, 0.15) is 36.6 Å². The van der Waals surface area contributed by atoms with Gasteiger partial charge < -0.3 is 9.64 Å². The zero-order valence-electron chi connectivity index (χ0n) is 18.7. The van der Waals surface area contributed by atoms with E-state index in [-0.39, 0.29) is 10.8 Å². The molecule has 4 rings (SSSR count). The molecule has 2 fully saturated rings. The van der Waals surface area contributed by atoms with Crippen molar-refractivity contribution in [3.05, 3.63) is 59.7 Å². The maximum atomic E-state index is 13.7. The lowest BCUT2D eigenvalue weighted by molar-refractivity contribution is -0.139. The van der Waals surface area contributed by atoms with Crippen molar-refractivity contribution in [2.75, 3.05) is 39.8 Å². The van der Waals surface area contributed by atoms with Gasteiger partial charge in [0.1, 0.15) is 11.9 Å². The van der Waals surface area contributed by atoms with E-state index < -0.39 is 16.2 Å². The Morgan fingerprint density at radius 3 is 2.22 bits per heavy atom. The molecule has 172 valence electrons. The zero-order chi connectivity index (χ0) is 22.7. The molecule has 1 unspecified atom stereocenters. The Bertz CT molecular complexity index is 1030. The van der Waals surface area contributed by atoms with Crippen molar-refractivity contribution < 1.29 is 17.9 Å². The molecule has 0 aromatic heterocycles. The number of rotatable bonds is 6. The van der Waals surface area contributed by atoms with Crippen LogP contribution in [0.4, 0.5) is 0 Å². The van der Waals surface area contributed by atoms with Crippen molar-refractivity contribution in [3.8, 4) is 5.75 Å². The predicted molar refractivity (Wildman–Crippen MR) is 123 cm³/mol. The van der Waals surface area contributed by atoms with Crippen molar-refractivity contribution in [1.82, 2.24) is 14.1 Å². The summed E-state index contributed by atoms with van der Waals surface area (Å²) in [6, 6.07) is 14.2. The second-order valence-electron chi connectivity index (χ2n) is 8.50. The van der Waals surface area contributed by atoms with Gasteiger partial charge in [-0.3, -0.25) is 9.69 Å². The van der Waals surface area contributed by atoms with E-state index in [1.165, 1.54) is 4.31 Å².